The topological polar surface area (TPSA) is 110 Å². The molecule has 1 aliphatic heterocycles. The van der Waals surface area contributed by atoms with Crippen molar-refractivity contribution >= 4 is 16.9 Å². The van der Waals surface area contributed by atoms with Crippen molar-refractivity contribution in [1.82, 2.24) is 19.4 Å². The van der Waals surface area contributed by atoms with Gasteiger partial charge >= 0.3 is 0 Å². The van der Waals surface area contributed by atoms with E-state index in [0.717, 1.165) is 59.6 Å². The van der Waals surface area contributed by atoms with Crippen LogP contribution in [0.25, 0.3) is 22.2 Å². The Morgan fingerprint density at radius 2 is 1.82 bits per heavy atom. The first-order chi connectivity index (χ1) is 16.6. The molecule has 2 aromatic carbocycles. The van der Waals surface area contributed by atoms with Crippen molar-refractivity contribution in [2.24, 2.45) is 0 Å². The van der Waals surface area contributed by atoms with Gasteiger partial charge in [0.2, 0.25) is 0 Å². The number of aliphatic hydroxyl groups excluding tert-OH is 2. The van der Waals surface area contributed by atoms with E-state index < -0.39 is 6.10 Å². The van der Waals surface area contributed by atoms with Crippen LogP contribution in [0.2, 0.25) is 0 Å². The molecule has 4 N–H and O–H groups in total. The van der Waals surface area contributed by atoms with Crippen LogP contribution < -0.4 is 10.5 Å². The number of hydrogen-bond donors (Lipinski definition) is 3. The fourth-order valence-electron chi connectivity index (χ4n) is 4.73. The zero-order valence-corrected chi connectivity index (χ0v) is 18.9. The molecule has 176 valence electrons. The molecular weight excluding hydrogens is 430 g/mol. The third kappa shape index (κ3) is 4.61. The summed E-state index contributed by atoms with van der Waals surface area (Å²) in [6.07, 6.45) is 4.94. The first kappa shape index (κ1) is 22.3. The molecule has 1 aliphatic rings. The smallest absolute Gasteiger partial charge is 0.146 e. The van der Waals surface area contributed by atoms with Gasteiger partial charge in [-0.25, -0.2) is 9.97 Å². The molecule has 1 saturated heterocycles. The van der Waals surface area contributed by atoms with Gasteiger partial charge in [-0.3, -0.25) is 4.90 Å². The van der Waals surface area contributed by atoms with Crippen molar-refractivity contribution < 1.29 is 14.9 Å². The molecule has 0 unspecified atom stereocenters. The van der Waals surface area contributed by atoms with Crippen LogP contribution in [0.3, 0.4) is 0 Å². The minimum absolute atomic E-state index is 0.229. The molecule has 0 spiro atoms. The van der Waals surface area contributed by atoms with Gasteiger partial charge in [0.25, 0.3) is 0 Å². The fraction of sp³-hybridized carbons (Fsp3) is 0.308. The van der Waals surface area contributed by atoms with Crippen LogP contribution >= 0.6 is 0 Å². The highest BCUT2D eigenvalue weighted by Crippen LogP contribution is 2.35. The molecule has 0 radical (unpaired) electrons. The summed E-state index contributed by atoms with van der Waals surface area (Å²) in [6.45, 7) is 1.87. The number of nitrogens with two attached hydrogens (primary N) is 1. The zero-order valence-electron chi connectivity index (χ0n) is 18.9. The molecule has 2 atom stereocenters. The number of rotatable bonds is 8. The van der Waals surface area contributed by atoms with E-state index in [1.54, 1.807) is 0 Å². The summed E-state index contributed by atoms with van der Waals surface area (Å²) in [6, 6.07) is 17.9. The molecule has 3 heterocycles. The minimum atomic E-state index is -0.729. The molecule has 8 heteroatoms. The van der Waals surface area contributed by atoms with E-state index in [1.165, 1.54) is 6.33 Å². The molecule has 34 heavy (non-hydrogen) atoms. The number of aliphatic hydroxyl groups is 2. The summed E-state index contributed by atoms with van der Waals surface area (Å²) >= 11 is 0. The number of β-amino-alcohol motifs (C(OH)–C–C–N with tert-alkyl or cyclic N) is 1. The number of anilines is 1. The molecule has 1 fully saturated rings. The Hall–Kier alpha value is -3.46. The average Bonchev–Trinajstić information content (AvgIpc) is 3.45. The van der Waals surface area contributed by atoms with E-state index in [0.29, 0.717) is 12.4 Å². The molecule has 8 nitrogen and oxygen atoms in total. The number of nitrogens with zero attached hydrogens (tertiary/aromatic N) is 4. The second-order valence-electron chi connectivity index (χ2n) is 8.72. The highest BCUT2D eigenvalue weighted by atomic mass is 16.5. The lowest BCUT2D eigenvalue weighted by Gasteiger charge is -2.26. The van der Waals surface area contributed by atoms with Crippen LogP contribution in [-0.2, 0) is 6.54 Å². The van der Waals surface area contributed by atoms with Crippen LogP contribution in [0.1, 0.15) is 12.8 Å². The average molecular weight is 460 g/mol. The van der Waals surface area contributed by atoms with Gasteiger partial charge in [-0.15, -0.1) is 0 Å². The maximum absolute atomic E-state index is 9.93. The standard InChI is InChI=1S/C26H29N5O3/c27-25-24-23(18-8-10-22(11-9-18)34-21-6-2-1-3-7-21)15-31(26(24)29-17-28-25)13-19-5-4-12-30(19)14-20(33)16-32/h1-3,6-11,15,17,19-20,32-33H,4-5,12-14,16H2,(H2,27,28,29)/t19-,20-/m1/s1. The Kier molecular flexibility index (Phi) is 6.44. The Bertz CT molecular complexity index is 1240. The second-order valence-corrected chi connectivity index (χ2v) is 8.72. The van der Waals surface area contributed by atoms with E-state index in [9.17, 15) is 10.2 Å². The summed E-state index contributed by atoms with van der Waals surface area (Å²) in [5.74, 6) is 1.99. The van der Waals surface area contributed by atoms with E-state index in [2.05, 4.69) is 25.6 Å². The summed E-state index contributed by atoms with van der Waals surface area (Å²) in [4.78, 5) is 11.0. The lowest BCUT2D eigenvalue weighted by molar-refractivity contribution is 0.0532. The third-order valence-corrected chi connectivity index (χ3v) is 6.39. The number of para-hydroxylation sites is 1. The summed E-state index contributed by atoms with van der Waals surface area (Å²) in [7, 11) is 0. The number of likely N-dealkylation sites (tertiary alicyclic amines) is 1. The Morgan fingerprint density at radius 1 is 1.06 bits per heavy atom. The van der Waals surface area contributed by atoms with Crippen molar-refractivity contribution in [3.8, 4) is 22.6 Å². The van der Waals surface area contributed by atoms with Crippen LogP contribution in [-0.4, -0.2) is 61.5 Å². The van der Waals surface area contributed by atoms with Gasteiger partial charge in [-0.1, -0.05) is 30.3 Å². The first-order valence-electron chi connectivity index (χ1n) is 11.6. The number of aromatic nitrogens is 3. The van der Waals surface area contributed by atoms with Crippen molar-refractivity contribution in [3.63, 3.8) is 0 Å². The molecule has 2 aromatic heterocycles. The summed E-state index contributed by atoms with van der Waals surface area (Å²) in [5, 5.41) is 20.0. The molecule has 0 saturated carbocycles. The van der Waals surface area contributed by atoms with Gasteiger partial charge < -0.3 is 25.3 Å². The van der Waals surface area contributed by atoms with Crippen LogP contribution in [0.5, 0.6) is 11.5 Å². The predicted octanol–water partition coefficient (Wildman–Crippen LogP) is 3.29. The monoisotopic (exact) mass is 459 g/mol. The number of nitrogen functional groups attached to an aromatic ring is 1. The molecule has 0 bridgehead atoms. The molecular formula is C26H29N5O3. The van der Waals surface area contributed by atoms with E-state index in [1.807, 2.05) is 54.6 Å². The highest BCUT2D eigenvalue weighted by molar-refractivity contribution is 6.00. The minimum Gasteiger partial charge on any atom is -0.457 e. The molecule has 4 aromatic rings. The van der Waals surface area contributed by atoms with Gasteiger partial charge in [0, 0.05) is 30.9 Å². The quantitative estimate of drug-likeness (QED) is 0.371. The zero-order chi connectivity index (χ0) is 23.5. The first-order valence-corrected chi connectivity index (χ1v) is 11.6. The maximum atomic E-state index is 9.93. The Balaban J connectivity index is 1.43. The predicted molar refractivity (Wildman–Crippen MR) is 132 cm³/mol. The summed E-state index contributed by atoms with van der Waals surface area (Å²) < 4.78 is 8.06. The van der Waals surface area contributed by atoms with Gasteiger partial charge in [-0.05, 0) is 49.2 Å². The van der Waals surface area contributed by atoms with Crippen LogP contribution in [0.15, 0.2) is 67.1 Å². The maximum Gasteiger partial charge on any atom is 0.146 e. The lowest BCUT2D eigenvalue weighted by Crippen LogP contribution is -2.39. The lowest BCUT2D eigenvalue weighted by atomic mass is 10.1. The fourth-order valence-corrected chi connectivity index (χ4v) is 4.73. The molecule has 0 aliphatic carbocycles. The van der Waals surface area contributed by atoms with Crippen molar-refractivity contribution in [2.45, 2.75) is 31.5 Å². The van der Waals surface area contributed by atoms with Crippen LogP contribution in [0.4, 0.5) is 5.82 Å². The SMILES string of the molecule is Nc1ncnc2c1c(-c1ccc(Oc3ccccc3)cc1)cn2C[C@H]1CCCN1C[C@@H](O)CO. The highest BCUT2D eigenvalue weighted by Gasteiger charge is 2.27. The van der Waals surface area contributed by atoms with Crippen molar-refractivity contribution in [3.05, 3.63) is 67.1 Å². The van der Waals surface area contributed by atoms with Gasteiger partial charge in [0.15, 0.2) is 0 Å². The number of benzene rings is 2. The van der Waals surface area contributed by atoms with Gasteiger partial charge in [0.1, 0.15) is 29.3 Å². The van der Waals surface area contributed by atoms with Gasteiger partial charge in [0.05, 0.1) is 18.1 Å². The van der Waals surface area contributed by atoms with Crippen molar-refractivity contribution in [2.75, 3.05) is 25.4 Å². The second kappa shape index (κ2) is 9.80. The molecule has 5 rings (SSSR count). The van der Waals surface area contributed by atoms with Crippen molar-refractivity contribution in [1.29, 1.82) is 0 Å². The summed E-state index contributed by atoms with van der Waals surface area (Å²) in [5.41, 5.74) is 9.07. The van der Waals surface area contributed by atoms with Gasteiger partial charge in [-0.2, -0.15) is 0 Å². The Labute approximate surface area is 198 Å². The number of hydrogen-bond acceptors (Lipinski definition) is 7. The third-order valence-electron chi connectivity index (χ3n) is 6.39. The van der Waals surface area contributed by atoms with E-state index >= 15 is 0 Å². The number of fused-ring (bicyclic) bond motifs is 1. The molecule has 0 amide bonds. The largest absolute Gasteiger partial charge is 0.457 e. The Morgan fingerprint density at radius 3 is 2.59 bits per heavy atom. The number of ether oxygens (including phenoxy) is 1. The normalized spacial score (nSPS) is 17.3. The van der Waals surface area contributed by atoms with Crippen LogP contribution in [0, 0.1) is 0 Å². The van der Waals surface area contributed by atoms with E-state index in [4.69, 9.17) is 10.5 Å². The van der Waals surface area contributed by atoms with E-state index in [-0.39, 0.29) is 12.6 Å².